The molecular weight excluding hydrogens is 350 g/mol. The maximum atomic E-state index is 5.71. The molecule has 5 N–H and O–H groups in total. The van der Waals surface area contributed by atoms with Crippen LogP contribution in [0.4, 0.5) is 5.82 Å². The minimum Gasteiger partial charge on any atom is -0.447 e. The molecule has 26 heavy (non-hydrogen) atoms. The quantitative estimate of drug-likeness (QED) is 0.424. The van der Waals surface area contributed by atoms with E-state index in [0.717, 1.165) is 23.9 Å². The van der Waals surface area contributed by atoms with Crippen molar-refractivity contribution in [2.75, 3.05) is 11.9 Å². The highest BCUT2D eigenvalue weighted by atomic mass is 32.2. The maximum Gasteiger partial charge on any atom is 0.193 e. The Balaban J connectivity index is 1.59. The number of hydrogen-bond donors (Lipinski definition) is 3. The van der Waals surface area contributed by atoms with Crippen LogP contribution in [0.5, 0.6) is 5.75 Å². The van der Waals surface area contributed by atoms with Gasteiger partial charge in [0.1, 0.15) is 17.6 Å². The van der Waals surface area contributed by atoms with E-state index in [9.17, 15) is 0 Å². The number of nitrogens with zero attached hydrogens (tertiary/aromatic N) is 4. The fourth-order valence-corrected chi connectivity index (χ4v) is 2.61. The van der Waals surface area contributed by atoms with Crippen molar-refractivity contribution in [1.82, 2.24) is 19.9 Å². The van der Waals surface area contributed by atoms with Crippen LogP contribution < -0.4 is 20.9 Å². The second kappa shape index (κ2) is 8.45. The van der Waals surface area contributed by atoms with Gasteiger partial charge in [-0.3, -0.25) is 5.14 Å². The molecule has 0 saturated carbocycles. The molecule has 9 heteroatoms. The summed E-state index contributed by atoms with van der Waals surface area (Å²) in [6.07, 6.45) is 5.53. The van der Waals surface area contributed by atoms with Crippen LogP contribution in [0.1, 0.15) is 12.5 Å². The third-order valence-electron chi connectivity index (χ3n) is 3.54. The second-order valence-electron chi connectivity index (χ2n) is 5.46. The third kappa shape index (κ3) is 4.38. The first-order valence-electron chi connectivity index (χ1n) is 7.93. The molecular formula is C17H19N7OS. The van der Waals surface area contributed by atoms with E-state index in [1.165, 1.54) is 6.33 Å². The third-order valence-corrected chi connectivity index (χ3v) is 4.16. The molecule has 0 fully saturated rings. The minimum absolute atomic E-state index is 0.496. The monoisotopic (exact) mass is 369 g/mol. The average Bonchev–Trinajstić information content (AvgIpc) is 2.67. The smallest absolute Gasteiger partial charge is 0.193 e. The van der Waals surface area contributed by atoms with Gasteiger partial charge in [0.05, 0.1) is 5.70 Å². The Morgan fingerprint density at radius 1 is 1.12 bits per heavy atom. The Bertz CT molecular complexity index is 905. The molecule has 0 radical (unpaired) electrons. The van der Waals surface area contributed by atoms with Gasteiger partial charge in [-0.2, -0.15) is 0 Å². The lowest BCUT2D eigenvalue weighted by Gasteiger charge is -2.10. The van der Waals surface area contributed by atoms with Gasteiger partial charge in [-0.15, -0.1) is 0 Å². The van der Waals surface area contributed by atoms with E-state index in [1.807, 2.05) is 24.3 Å². The van der Waals surface area contributed by atoms with E-state index >= 15 is 0 Å². The summed E-state index contributed by atoms with van der Waals surface area (Å²) >= 11 is 0.989. The van der Waals surface area contributed by atoms with Crippen molar-refractivity contribution in [1.29, 1.82) is 0 Å². The average molecular weight is 369 g/mol. The Labute approximate surface area is 155 Å². The van der Waals surface area contributed by atoms with Crippen LogP contribution in [0.15, 0.2) is 53.8 Å². The molecule has 2 aromatic heterocycles. The molecule has 0 aliphatic heterocycles. The highest BCUT2D eigenvalue weighted by Crippen LogP contribution is 2.20. The molecule has 1 aromatic carbocycles. The van der Waals surface area contributed by atoms with E-state index in [2.05, 4.69) is 25.3 Å². The van der Waals surface area contributed by atoms with Crippen LogP contribution in [-0.4, -0.2) is 26.5 Å². The molecule has 0 spiro atoms. The Morgan fingerprint density at radius 2 is 1.88 bits per heavy atom. The number of allylic oxidation sites excluding steroid dienone is 1. The van der Waals surface area contributed by atoms with Crippen molar-refractivity contribution in [3.8, 4) is 5.75 Å². The molecule has 3 aromatic rings. The molecule has 3 rings (SSSR count). The SMILES string of the molecule is C/C(N)=C(\Oc1ccc(CCNc2ncnc3nccnc23)cc1)SN. The Kier molecular flexibility index (Phi) is 5.82. The van der Waals surface area contributed by atoms with Crippen LogP contribution in [0.25, 0.3) is 11.2 Å². The predicted octanol–water partition coefficient (Wildman–Crippen LogP) is 2.21. The van der Waals surface area contributed by atoms with Gasteiger partial charge in [0.15, 0.2) is 16.6 Å². The summed E-state index contributed by atoms with van der Waals surface area (Å²) in [5, 5.41) is 9.31. The minimum atomic E-state index is 0.496. The van der Waals surface area contributed by atoms with Crippen molar-refractivity contribution in [3.05, 3.63) is 59.3 Å². The zero-order chi connectivity index (χ0) is 18.4. The Hall–Kier alpha value is -2.91. The lowest BCUT2D eigenvalue weighted by atomic mass is 10.1. The van der Waals surface area contributed by atoms with Crippen molar-refractivity contribution in [2.24, 2.45) is 10.9 Å². The summed E-state index contributed by atoms with van der Waals surface area (Å²) in [4.78, 5) is 16.8. The lowest BCUT2D eigenvalue weighted by molar-refractivity contribution is 0.459. The van der Waals surface area contributed by atoms with Crippen LogP contribution in [0.3, 0.4) is 0 Å². The topological polar surface area (TPSA) is 125 Å². The molecule has 0 saturated heterocycles. The number of anilines is 1. The van der Waals surface area contributed by atoms with E-state index in [4.69, 9.17) is 15.6 Å². The number of benzene rings is 1. The summed E-state index contributed by atoms with van der Waals surface area (Å²) in [5.41, 5.74) is 8.65. The standard InChI is InChI=1S/C17H19N7OS/c1-11(18)17(26-19)25-13-4-2-12(3-5-13)6-7-21-15-14-16(24-10-23-15)22-9-8-20-14/h2-5,8-10H,6-7,18-19H2,1H3,(H,21,22,23,24)/b17-11-. The van der Waals surface area contributed by atoms with E-state index < -0.39 is 0 Å². The molecule has 2 heterocycles. The van der Waals surface area contributed by atoms with Crippen LogP contribution >= 0.6 is 11.9 Å². The number of hydrogen-bond acceptors (Lipinski definition) is 9. The van der Waals surface area contributed by atoms with Crippen LogP contribution in [0.2, 0.25) is 0 Å². The predicted molar refractivity (Wildman–Crippen MR) is 103 cm³/mol. The summed E-state index contributed by atoms with van der Waals surface area (Å²) in [6.45, 7) is 2.45. The molecule has 0 amide bonds. The van der Waals surface area contributed by atoms with E-state index in [0.29, 0.717) is 40.1 Å². The number of nitrogens with two attached hydrogens (primary N) is 2. The van der Waals surface area contributed by atoms with Crippen molar-refractivity contribution < 1.29 is 4.74 Å². The van der Waals surface area contributed by atoms with Gasteiger partial charge in [0, 0.05) is 18.9 Å². The highest BCUT2D eigenvalue weighted by molar-refractivity contribution is 8.00. The van der Waals surface area contributed by atoms with E-state index in [1.54, 1.807) is 19.3 Å². The van der Waals surface area contributed by atoms with Crippen molar-refractivity contribution >= 4 is 28.9 Å². The largest absolute Gasteiger partial charge is 0.447 e. The zero-order valence-electron chi connectivity index (χ0n) is 14.2. The van der Waals surface area contributed by atoms with Gasteiger partial charge < -0.3 is 15.8 Å². The van der Waals surface area contributed by atoms with Gasteiger partial charge in [-0.1, -0.05) is 12.1 Å². The number of fused-ring (bicyclic) bond motifs is 1. The van der Waals surface area contributed by atoms with Gasteiger partial charge in [-0.05, 0) is 43.0 Å². The van der Waals surface area contributed by atoms with Crippen LogP contribution in [-0.2, 0) is 6.42 Å². The van der Waals surface area contributed by atoms with Crippen molar-refractivity contribution in [2.45, 2.75) is 13.3 Å². The van der Waals surface area contributed by atoms with Crippen LogP contribution in [0, 0.1) is 0 Å². The van der Waals surface area contributed by atoms with Gasteiger partial charge in [0.25, 0.3) is 0 Å². The first kappa shape index (κ1) is 17.9. The fourth-order valence-electron chi connectivity index (χ4n) is 2.28. The number of nitrogens with one attached hydrogen (secondary N) is 1. The Morgan fingerprint density at radius 3 is 2.62 bits per heavy atom. The summed E-state index contributed by atoms with van der Waals surface area (Å²) < 4.78 is 5.65. The maximum absolute atomic E-state index is 5.71. The molecule has 0 aliphatic rings. The summed E-state index contributed by atoms with van der Waals surface area (Å²) in [7, 11) is 0. The lowest BCUT2D eigenvalue weighted by Crippen LogP contribution is -2.08. The first-order valence-corrected chi connectivity index (χ1v) is 8.81. The molecule has 8 nitrogen and oxygen atoms in total. The number of rotatable bonds is 7. The summed E-state index contributed by atoms with van der Waals surface area (Å²) in [6, 6.07) is 7.78. The van der Waals surface area contributed by atoms with Gasteiger partial charge in [-0.25, -0.2) is 19.9 Å². The zero-order valence-corrected chi connectivity index (χ0v) is 15.0. The number of ether oxygens (including phenoxy) is 1. The highest BCUT2D eigenvalue weighted by Gasteiger charge is 2.06. The number of aromatic nitrogens is 4. The normalized spacial score (nSPS) is 11.9. The van der Waals surface area contributed by atoms with Gasteiger partial charge >= 0.3 is 0 Å². The fraction of sp³-hybridized carbons (Fsp3) is 0.176. The summed E-state index contributed by atoms with van der Waals surface area (Å²) in [5.74, 6) is 1.37. The second-order valence-corrected chi connectivity index (χ2v) is 6.07. The van der Waals surface area contributed by atoms with E-state index in [-0.39, 0.29) is 0 Å². The molecule has 0 atom stereocenters. The molecule has 0 aliphatic carbocycles. The molecule has 0 bridgehead atoms. The van der Waals surface area contributed by atoms with Crippen molar-refractivity contribution in [3.63, 3.8) is 0 Å². The molecule has 134 valence electrons. The first-order chi connectivity index (χ1) is 12.7. The molecule has 0 unspecified atom stereocenters. The van der Waals surface area contributed by atoms with Gasteiger partial charge in [0.2, 0.25) is 0 Å².